The third-order valence-corrected chi connectivity index (χ3v) is 3.76. The maximum absolute atomic E-state index is 11.9. The number of methoxy groups -OCH3 is 1. The van der Waals surface area contributed by atoms with Crippen molar-refractivity contribution in [1.29, 1.82) is 0 Å². The second-order valence-corrected chi connectivity index (χ2v) is 5.64. The van der Waals surface area contributed by atoms with Gasteiger partial charge in [-0.1, -0.05) is 12.1 Å². The van der Waals surface area contributed by atoms with E-state index >= 15 is 0 Å². The normalized spacial score (nSPS) is 11.8. The van der Waals surface area contributed by atoms with E-state index in [1.807, 2.05) is 12.3 Å². The molecule has 0 bridgehead atoms. The van der Waals surface area contributed by atoms with E-state index in [0.29, 0.717) is 5.56 Å². The third-order valence-electron chi connectivity index (χ3n) is 2.99. The van der Waals surface area contributed by atoms with Crippen molar-refractivity contribution < 1.29 is 19.4 Å². The van der Waals surface area contributed by atoms with Crippen LogP contribution in [0.15, 0.2) is 29.6 Å². The summed E-state index contributed by atoms with van der Waals surface area (Å²) in [6, 6.07) is 6.95. The molecule has 22 heavy (non-hydrogen) atoms. The highest BCUT2D eigenvalue weighted by Crippen LogP contribution is 2.21. The van der Waals surface area contributed by atoms with Crippen LogP contribution in [0.2, 0.25) is 0 Å². The van der Waals surface area contributed by atoms with Crippen LogP contribution in [0.25, 0.3) is 11.3 Å². The zero-order valence-corrected chi connectivity index (χ0v) is 13.0. The summed E-state index contributed by atoms with van der Waals surface area (Å²) >= 11 is 1.56. The van der Waals surface area contributed by atoms with Gasteiger partial charge in [0.25, 0.3) is 5.91 Å². The van der Waals surface area contributed by atoms with Crippen molar-refractivity contribution in [3.05, 3.63) is 40.2 Å². The average Bonchev–Trinajstić information content (AvgIpc) is 2.98. The molecule has 0 spiro atoms. The molecule has 0 aliphatic carbocycles. The predicted octanol–water partition coefficient (Wildman–Crippen LogP) is 1.38. The molecule has 0 unspecified atom stereocenters. The lowest BCUT2D eigenvalue weighted by Gasteiger charge is -2.10. The lowest BCUT2D eigenvalue weighted by molar-refractivity contribution is -0.149. The molecule has 2 N–H and O–H groups in total. The predicted molar refractivity (Wildman–Crippen MR) is 82.6 cm³/mol. The molecule has 0 radical (unpaired) electrons. The zero-order valence-electron chi connectivity index (χ0n) is 12.2. The van der Waals surface area contributed by atoms with Gasteiger partial charge in [-0.15, -0.1) is 11.3 Å². The van der Waals surface area contributed by atoms with E-state index in [1.165, 1.54) is 7.11 Å². The van der Waals surface area contributed by atoms with Gasteiger partial charge in [0.05, 0.1) is 24.4 Å². The summed E-state index contributed by atoms with van der Waals surface area (Å²) in [7, 11) is 1.17. The minimum Gasteiger partial charge on any atom is -0.467 e. The summed E-state index contributed by atoms with van der Waals surface area (Å²) in [6.45, 7) is 1.74. The Morgan fingerprint density at radius 3 is 2.59 bits per heavy atom. The molecule has 0 saturated heterocycles. The number of aliphatic hydroxyl groups is 1. The fourth-order valence-electron chi connectivity index (χ4n) is 1.80. The topological polar surface area (TPSA) is 88.5 Å². The second kappa shape index (κ2) is 7.15. The Labute approximate surface area is 131 Å². The summed E-state index contributed by atoms with van der Waals surface area (Å²) in [5.74, 6) is -1.15. The molecule has 116 valence electrons. The van der Waals surface area contributed by atoms with Crippen molar-refractivity contribution in [2.24, 2.45) is 0 Å². The number of rotatable bonds is 5. The van der Waals surface area contributed by atoms with Gasteiger partial charge in [0.1, 0.15) is 0 Å². The standard InChI is InChI=1S/C15H16N2O4S/c1-9-17-12(8-22-9)10-3-5-11(6-4-10)14(19)16-7-13(18)15(20)21-2/h3-6,8,13,18H,7H2,1-2H3,(H,16,19)/t13-/m0/s1. The average molecular weight is 320 g/mol. The molecule has 1 amide bonds. The Balaban J connectivity index is 1.98. The summed E-state index contributed by atoms with van der Waals surface area (Å²) < 4.78 is 4.37. The minimum absolute atomic E-state index is 0.196. The molecule has 7 heteroatoms. The van der Waals surface area contributed by atoms with Crippen molar-refractivity contribution in [2.45, 2.75) is 13.0 Å². The molecular weight excluding hydrogens is 304 g/mol. The number of esters is 1. The number of hydrogen-bond donors (Lipinski definition) is 2. The van der Waals surface area contributed by atoms with E-state index in [0.717, 1.165) is 16.3 Å². The van der Waals surface area contributed by atoms with Crippen molar-refractivity contribution in [2.75, 3.05) is 13.7 Å². The van der Waals surface area contributed by atoms with E-state index < -0.39 is 12.1 Å². The highest BCUT2D eigenvalue weighted by Gasteiger charge is 2.16. The minimum atomic E-state index is -1.37. The number of carbonyl (C=O) groups excluding carboxylic acids is 2. The summed E-state index contributed by atoms with van der Waals surface area (Å²) in [4.78, 5) is 27.3. The van der Waals surface area contributed by atoms with Crippen LogP contribution in [0.5, 0.6) is 0 Å². The van der Waals surface area contributed by atoms with Crippen LogP contribution in [-0.4, -0.2) is 41.7 Å². The van der Waals surface area contributed by atoms with Crippen LogP contribution in [0.1, 0.15) is 15.4 Å². The lowest BCUT2D eigenvalue weighted by Crippen LogP contribution is -2.37. The van der Waals surface area contributed by atoms with Gasteiger partial charge in [-0.2, -0.15) is 0 Å². The molecule has 1 atom stereocenters. The molecule has 0 fully saturated rings. The summed E-state index contributed by atoms with van der Waals surface area (Å²) in [6.07, 6.45) is -1.37. The van der Waals surface area contributed by atoms with Crippen LogP contribution in [0.3, 0.4) is 0 Å². The number of nitrogens with zero attached hydrogens (tertiary/aromatic N) is 1. The lowest BCUT2D eigenvalue weighted by atomic mass is 10.1. The Bertz CT molecular complexity index is 666. The molecule has 2 rings (SSSR count). The van der Waals surface area contributed by atoms with E-state index in [4.69, 9.17) is 0 Å². The number of hydrogen-bond acceptors (Lipinski definition) is 6. The van der Waals surface area contributed by atoms with Crippen LogP contribution in [0, 0.1) is 6.92 Å². The molecule has 1 aromatic carbocycles. The first-order chi connectivity index (χ1) is 10.5. The fraction of sp³-hybridized carbons (Fsp3) is 0.267. The Morgan fingerprint density at radius 2 is 2.05 bits per heavy atom. The highest BCUT2D eigenvalue weighted by atomic mass is 32.1. The molecule has 0 saturated carbocycles. The molecule has 1 heterocycles. The van der Waals surface area contributed by atoms with Crippen molar-refractivity contribution in [3.63, 3.8) is 0 Å². The largest absolute Gasteiger partial charge is 0.467 e. The quantitative estimate of drug-likeness (QED) is 0.813. The maximum atomic E-state index is 11.9. The smallest absolute Gasteiger partial charge is 0.336 e. The monoisotopic (exact) mass is 320 g/mol. The Morgan fingerprint density at radius 1 is 1.36 bits per heavy atom. The molecule has 0 aliphatic heterocycles. The van der Waals surface area contributed by atoms with E-state index in [1.54, 1.807) is 35.6 Å². The van der Waals surface area contributed by atoms with Gasteiger partial charge in [0.2, 0.25) is 0 Å². The Hall–Kier alpha value is -2.25. The zero-order chi connectivity index (χ0) is 16.1. The molecule has 1 aromatic heterocycles. The first-order valence-electron chi connectivity index (χ1n) is 6.58. The Kier molecular flexibility index (Phi) is 5.24. The molecule has 6 nitrogen and oxygen atoms in total. The number of aromatic nitrogens is 1. The number of thiazole rings is 1. The van der Waals surface area contributed by atoms with Crippen LogP contribution >= 0.6 is 11.3 Å². The van der Waals surface area contributed by atoms with Crippen molar-refractivity contribution in [1.82, 2.24) is 10.3 Å². The number of benzene rings is 1. The highest BCUT2D eigenvalue weighted by molar-refractivity contribution is 7.09. The maximum Gasteiger partial charge on any atom is 0.336 e. The number of aryl methyl sites for hydroxylation is 1. The number of ether oxygens (including phenoxy) is 1. The molecule has 0 aliphatic rings. The number of carbonyl (C=O) groups is 2. The summed E-state index contributed by atoms with van der Waals surface area (Å²) in [5, 5.41) is 14.8. The van der Waals surface area contributed by atoms with Gasteiger partial charge in [-0.3, -0.25) is 4.79 Å². The van der Waals surface area contributed by atoms with Gasteiger partial charge in [0, 0.05) is 16.5 Å². The van der Waals surface area contributed by atoms with Gasteiger partial charge in [-0.05, 0) is 19.1 Å². The van der Waals surface area contributed by atoms with E-state index in [-0.39, 0.29) is 12.5 Å². The van der Waals surface area contributed by atoms with Crippen molar-refractivity contribution >= 4 is 23.2 Å². The van der Waals surface area contributed by atoms with Crippen molar-refractivity contribution in [3.8, 4) is 11.3 Å². The van der Waals surface area contributed by atoms with Crippen LogP contribution in [0.4, 0.5) is 0 Å². The van der Waals surface area contributed by atoms with Gasteiger partial charge in [-0.25, -0.2) is 9.78 Å². The number of amides is 1. The molecule has 2 aromatic rings. The number of aliphatic hydroxyl groups excluding tert-OH is 1. The first-order valence-corrected chi connectivity index (χ1v) is 7.46. The SMILES string of the molecule is COC(=O)[C@@H](O)CNC(=O)c1ccc(-c2csc(C)n2)cc1. The summed E-state index contributed by atoms with van der Waals surface area (Å²) in [5.41, 5.74) is 2.24. The number of nitrogens with one attached hydrogen (secondary N) is 1. The van der Waals surface area contributed by atoms with E-state index in [2.05, 4.69) is 15.0 Å². The van der Waals surface area contributed by atoms with E-state index in [9.17, 15) is 14.7 Å². The van der Waals surface area contributed by atoms with Crippen LogP contribution in [-0.2, 0) is 9.53 Å². The molecular formula is C15H16N2O4S. The third kappa shape index (κ3) is 3.90. The fourth-order valence-corrected chi connectivity index (χ4v) is 2.42. The first kappa shape index (κ1) is 16.1. The van der Waals surface area contributed by atoms with Gasteiger partial charge < -0.3 is 15.2 Å². The van der Waals surface area contributed by atoms with Crippen LogP contribution < -0.4 is 5.32 Å². The second-order valence-electron chi connectivity index (χ2n) is 4.58. The van der Waals surface area contributed by atoms with Gasteiger partial charge in [0.15, 0.2) is 6.10 Å². The van der Waals surface area contributed by atoms with Gasteiger partial charge >= 0.3 is 5.97 Å².